The van der Waals surface area contributed by atoms with Crippen molar-refractivity contribution in [3.05, 3.63) is 24.2 Å². The van der Waals surface area contributed by atoms with Crippen LogP contribution in [0, 0.1) is 0 Å². The van der Waals surface area contributed by atoms with E-state index in [1.54, 1.807) is 12.1 Å². The molecule has 70 valence electrons. The van der Waals surface area contributed by atoms with Gasteiger partial charge in [0.15, 0.2) is 5.76 Å². The van der Waals surface area contributed by atoms with Crippen LogP contribution >= 0.6 is 0 Å². The lowest BCUT2D eigenvalue weighted by Gasteiger charge is -2.24. The maximum absolute atomic E-state index is 11.6. The summed E-state index contributed by atoms with van der Waals surface area (Å²) in [5, 5.41) is 1.36. The standard InChI is InChI=1S/C9H11NO3/c11-9(8-4-3-6-12-8)10-5-1-2-7-13-10/h3-4,6H,1-2,5,7H2. The Bertz CT molecular complexity index is 275. The minimum absolute atomic E-state index is 0.190. The van der Waals surface area contributed by atoms with Crippen LogP contribution in [0.5, 0.6) is 0 Å². The molecule has 1 aromatic rings. The molecule has 0 aliphatic carbocycles. The topological polar surface area (TPSA) is 42.7 Å². The van der Waals surface area contributed by atoms with Crippen LogP contribution in [0.15, 0.2) is 22.8 Å². The van der Waals surface area contributed by atoms with E-state index in [-0.39, 0.29) is 5.91 Å². The number of hydroxylamine groups is 2. The highest BCUT2D eigenvalue weighted by molar-refractivity contribution is 5.90. The summed E-state index contributed by atoms with van der Waals surface area (Å²) in [6.45, 7) is 1.27. The Labute approximate surface area is 76.0 Å². The summed E-state index contributed by atoms with van der Waals surface area (Å²) in [5.41, 5.74) is 0. The van der Waals surface area contributed by atoms with Gasteiger partial charge < -0.3 is 4.42 Å². The summed E-state index contributed by atoms with van der Waals surface area (Å²) in [4.78, 5) is 16.8. The van der Waals surface area contributed by atoms with Crippen molar-refractivity contribution in [2.24, 2.45) is 0 Å². The molecule has 13 heavy (non-hydrogen) atoms. The molecule has 0 saturated carbocycles. The third-order valence-corrected chi connectivity index (χ3v) is 1.96. The van der Waals surface area contributed by atoms with Crippen LogP contribution in [0.4, 0.5) is 0 Å². The molecule has 0 bridgehead atoms. The Morgan fingerprint density at radius 1 is 1.46 bits per heavy atom. The molecule has 1 aliphatic rings. The summed E-state index contributed by atoms with van der Waals surface area (Å²) in [7, 11) is 0. The van der Waals surface area contributed by atoms with Gasteiger partial charge in [-0.2, -0.15) is 0 Å². The van der Waals surface area contributed by atoms with E-state index in [9.17, 15) is 4.79 Å². The molecular weight excluding hydrogens is 170 g/mol. The highest BCUT2D eigenvalue weighted by Crippen LogP contribution is 2.11. The maximum atomic E-state index is 11.6. The van der Waals surface area contributed by atoms with Crippen molar-refractivity contribution in [2.75, 3.05) is 13.2 Å². The fourth-order valence-electron chi connectivity index (χ4n) is 1.28. The van der Waals surface area contributed by atoms with Crippen LogP contribution in [0.1, 0.15) is 23.4 Å². The van der Waals surface area contributed by atoms with Gasteiger partial charge >= 0.3 is 5.91 Å². The van der Waals surface area contributed by atoms with Crippen LogP contribution in [0.3, 0.4) is 0 Å². The van der Waals surface area contributed by atoms with Crippen LogP contribution in [-0.2, 0) is 4.84 Å². The van der Waals surface area contributed by atoms with Crippen LogP contribution < -0.4 is 0 Å². The summed E-state index contributed by atoms with van der Waals surface area (Å²) in [6.07, 6.45) is 3.49. The fourth-order valence-corrected chi connectivity index (χ4v) is 1.28. The number of rotatable bonds is 1. The van der Waals surface area contributed by atoms with E-state index in [0.29, 0.717) is 18.9 Å². The van der Waals surface area contributed by atoms with Gasteiger partial charge in [-0.1, -0.05) is 0 Å². The first kappa shape index (κ1) is 8.31. The average molecular weight is 181 g/mol. The normalized spacial score (nSPS) is 17.4. The van der Waals surface area contributed by atoms with Gasteiger partial charge in [-0.3, -0.25) is 9.63 Å². The Balaban J connectivity index is 2.04. The van der Waals surface area contributed by atoms with Gasteiger partial charge in [0.2, 0.25) is 0 Å². The molecule has 2 heterocycles. The van der Waals surface area contributed by atoms with E-state index < -0.39 is 0 Å². The van der Waals surface area contributed by atoms with E-state index >= 15 is 0 Å². The molecule has 0 radical (unpaired) electrons. The SMILES string of the molecule is O=C(c1ccco1)N1CCCCO1. The van der Waals surface area contributed by atoms with Crippen molar-refractivity contribution in [1.82, 2.24) is 5.06 Å². The summed E-state index contributed by atoms with van der Waals surface area (Å²) < 4.78 is 4.98. The monoisotopic (exact) mass is 181 g/mol. The molecule has 0 N–H and O–H groups in total. The number of carbonyl (C=O) groups is 1. The van der Waals surface area contributed by atoms with Gasteiger partial charge in [0.05, 0.1) is 12.9 Å². The predicted octanol–water partition coefficient (Wildman–Crippen LogP) is 1.45. The summed E-state index contributed by atoms with van der Waals surface area (Å²) in [6, 6.07) is 3.33. The van der Waals surface area contributed by atoms with Crippen molar-refractivity contribution in [3.8, 4) is 0 Å². The second-order valence-electron chi connectivity index (χ2n) is 2.92. The van der Waals surface area contributed by atoms with E-state index in [4.69, 9.17) is 9.25 Å². The second kappa shape index (κ2) is 3.62. The first-order valence-corrected chi connectivity index (χ1v) is 4.36. The quantitative estimate of drug-likeness (QED) is 0.658. The third-order valence-electron chi connectivity index (χ3n) is 1.96. The van der Waals surface area contributed by atoms with E-state index in [0.717, 1.165) is 12.8 Å². The second-order valence-corrected chi connectivity index (χ2v) is 2.92. The lowest BCUT2D eigenvalue weighted by Crippen LogP contribution is -2.35. The smallest absolute Gasteiger partial charge is 0.313 e. The van der Waals surface area contributed by atoms with Gasteiger partial charge in [0.1, 0.15) is 0 Å². The Morgan fingerprint density at radius 3 is 3.00 bits per heavy atom. The average Bonchev–Trinajstić information content (AvgIpc) is 2.71. The number of nitrogens with zero attached hydrogens (tertiary/aromatic N) is 1. The van der Waals surface area contributed by atoms with Crippen molar-refractivity contribution >= 4 is 5.91 Å². The number of hydrogen-bond acceptors (Lipinski definition) is 3. The van der Waals surface area contributed by atoms with Crippen LogP contribution in [0.2, 0.25) is 0 Å². The largest absolute Gasteiger partial charge is 0.459 e. The Morgan fingerprint density at radius 2 is 2.38 bits per heavy atom. The molecule has 0 unspecified atom stereocenters. The molecule has 1 amide bonds. The highest BCUT2D eigenvalue weighted by atomic mass is 16.7. The Kier molecular flexibility index (Phi) is 2.31. The van der Waals surface area contributed by atoms with Crippen molar-refractivity contribution in [1.29, 1.82) is 0 Å². The van der Waals surface area contributed by atoms with E-state index in [1.807, 2.05) is 0 Å². The van der Waals surface area contributed by atoms with E-state index in [1.165, 1.54) is 11.3 Å². The molecule has 4 nitrogen and oxygen atoms in total. The summed E-state index contributed by atoms with van der Waals surface area (Å²) >= 11 is 0. The first-order valence-electron chi connectivity index (χ1n) is 4.36. The van der Waals surface area contributed by atoms with Crippen LogP contribution in [-0.4, -0.2) is 24.1 Å². The fraction of sp³-hybridized carbons (Fsp3) is 0.444. The first-order chi connectivity index (χ1) is 6.38. The minimum atomic E-state index is -0.190. The highest BCUT2D eigenvalue weighted by Gasteiger charge is 2.20. The van der Waals surface area contributed by atoms with Crippen molar-refractivity contribution in [3.63, 3.8) is 0 Å². The molecule has 1 aromatic heterocycles. The number of furan rings is 1. The number of carbonyl (C=O) groups excluding carboxylic acids is 1. The van der Waals surface area contributed by atoms with Gasteiger partial charge in [-0.05, 0) is 25.0 Å². The zero-order valence-electron chi connectivity index (χ0n) is 7.23. The zero-order chi connectivity index (χ0) is 9.10. The molecule has 0 aromatic carbocycles. The Hall–Kier alpha value is -1.29. The van der Waals surface area contributed by atoms with Gasteiger partial charge in [-0.25, -0.2) is 5.06 Å². The molecule has 0 spiro atoms. The number of amides is 1. The van der Waals surface area contributed by atoms with Gasteiger partial charge in [0.25, 0.3) is 0 Å². The van der Waals surface area contributed by atoms with Gasteiger partial charge in [0, 0.05) is 6.54 Å². The van der Waals surface area contributed by atoms with Crippen molar-refractivity contribution in [2.45, 2.75) is 12.8 Å². The van der Waals surface area contributed by atoms with Gasteiger partial charge in [-0.15, -0.1) is 0 Å². The lowest BCUT2D eigenvalue weighted by molar-refractivity contribution is -0.145. The molecule has 2 rings (SSSR count). The predicted molar refractivity (Wildman–Crippen MR) is 44.9 cm³/mol. The molecule has 0 atom stereocenters. The third kappa shape index (κ3) is 1.72. The minimum Gasteiger partial charge on any atom is -0.459 e. The summed E-state index contributed by atoms with van der Waals surface area (Å²) in [5.74, 6) is 0.145. The maximum Gasteiger partial charge on any atom is 0.313 e. The zero-order valence-corrected chi connectivity index (χ0v) is 7.23. The molecule has 1 fully saturated rings. The van der Waals surface area contributed by atoms with Crippen LogP contribution in [0.25, 0.3) is 0 Å². The molecule has 1 saturated heterocycles. The number of hydrogen-bond donors (Lipinski definition) is 0. The molecule has 1 aliphatic heterocycles. The lowest BCUT2D eigenvalue weighted by atomic mass is 10.3. The molecular formula is C9H11NO3. The van der Waals surface area contributed by atoms with Crippen molar-refractivity contribution < 1.29 is 14.0 Å². The van der Waals surface area contributed by atoms with E-state index in [2.05, 4.69) is 0 Å². The molecule has 4 heteroatoms.